The van der Waals surface area contributed by atoms with Crippen molar-refractivity contribution in [2.24, 2.45) is 0 Å². The van der Waals surface area contributed by atoms with Crippen molar-refractivity contribution in [1.29, 1.82) is 0 Å². The molecule has 0 bridgehead atoms. The first-order valence-corrected chi connectivity index (χ1v) is 8.06. The Labute approximate surface area is 134 Å². The second kappa shape index (κ2) is 7.05. The van der Waals surface area contributed by atoms with E-state index in [0.717, 1.165) is 11.1 Å². The van der Waals surface area contributed by atoms with Crippen LogP contribution in [0.1, 0.15) is 17.2 Å². The number of carbonyl (C=O) groups excluding carboxylic acids is 1. The maximum absolute atomic E-state index is 10.8. The number of ether oxygens (including phenoxy) is 1. The Bertz CT molecular complexity index is 703. The lowest BCUT2D eigenvalue weighted by Gasteiger charge is -2.15. The summed E-state index contributed by atoms with van der Waals surface area (Å²) in [6, 6.07) is 20.5. The van der Waals surface area contributed by atoms with Crippen molar-refractivity contribution < 1.29 is 9.53 Å². The average Bonchev–Trinajstić information content (AvgIpc) is 3.09. The summed E-state index contributed by atoms with van der Waals surface area (Å²) < 4.78 is 5.27. The molecule has 0 radical (unpaired) electrons. The van der Waals surface area contributed by atoms with E-state index in [1.807, 2.05) is 35.7 Å². The third kappa shape index (κ3) is 3.43. The van der Waals surface area contributed by atoms with Crippen molar-refractivity contribution in [3.05, 3.63) is 82.6 Å². The van der Waals surface area contributed by atoms with Gasteiger partial charge in [-0.25, -0.2) is 0 Å². The molecule has 0 aliphatic heterocycles. The van der Waals surface area contributed by atoms with E-state index in [0.29, 0.717) is 12.9 Å². The summed E-state index contributed by atoms with van der Waals surface area (Å²) in [5, 5.41) is 4.12. The Morgan fingerprint density at radius 2 is 1.68 bits per heavy atom. The minimum atomic E-state index is -0.239. The van der Waals surface area contributed by atoms with E-state index in [2.05, 4.69) is 35.7 Å². The largest absolute Gasteiger partial charge is 0.459 e. The SMILES string of the molecule is O=COC(Cc1ccsc1)c1ccc(-c2ccccc2)cc1. The fraction of sp³-hybridized carbons (Fsp3) is 0.105. The second-order valence-electron chi connectivity index (χ2n) is 5.04. The molecule has 1 aromatic heterocycles. The van der Waals surface area contributed by atoms with E-state index in [9.17, 15) is 4.79 Å². The quantitative estimate of drug-likeness (QED) is 0.607. The lowest BCUT2D eigenvalue weighted by Crippen LogP contribution is -2.06. The van der Waals surface area contributed by atoms with Crippen molar-refractivity contribution in [2.45, 2.75) is 12.5 Å². The molecule has 0 saturated carbocycles. The van der Waals surface area contributed by atoms with Gasteiger partial charge in [0.2, 0.25) is 0 Å². The molecule has 3 heteroatoms. The van der Waals surface area contributed by atoms with Crippen LogP contribution in [0.15, 0.2) is 71.4 Å². The van der Waals surface area contributed by atoms with Crippen LogP contribution in [0.2, 0.25) is 0 Å². The van der Waals surface area contributed by atoms with Crippen LogP contribution < -0.4 is 0 Å². The molecule has 22 heavy (non-hydrogen) atoms. The molecule has 1 heterocycles. The summed E-state index contributed by atoms with van der Waals surface area (Å²) in [5.74, 6) is 0. The fourth-order valence-electron chi connectivity index (χ4n) is 2.46. The van der Waals surface area contributed by atoms with Gasteiger partial charge in [-0.15, -0.1) is 0 Å². The maximum atomic E-state index is 10.8. The van der Waals surface area contributed by atoms with Gasteiger partial charge < -0.3 is 4.74 Å². The summed E-state index contributed by atoms with van der Waals surface area (Å²) in [4.78, 5) is 10.8. The Morgan fingerprint density at radius 1 is 0.955 bits per heavy atom. The fourth-order valence-corrected chi connectivity index (χ4v) is 3.14. The first-order chi connectivity index (χ1) is 10.9. The Morgan fingerprint density at radius 3 is 2.32 bits per heavy atom. The van der Waals surface area contributed by atoms with E-state index in [4.69, 9.17) is 4.74 Å². The summed E-state index contributed by atoms with van der Waals surface area (Å²) in [6.07, 6.45) is 0.462. The van der Waals surface area contributed by atoms with Crippen LogP contribution in [0.3, 0.4) is 0 Å². The standard InChI is InChI=1S/C19H16O2S/c20-14-21-19(12-15-10-11-22-13-15)18-8-6-17(7-9-18)16-4-2-1-3-5-16/h1-11,13-14,19H,12H2. The van der Waals surface area contributed by atoms with Crippen molar-refractivity contribution in [2.75, 3.05) is 0 Å². The molecule has 0 aliphatic rings. The molecule has 0 spiro atoms. The van der Waals surface area contributed by atoms with E-state index in [1.54, 1.807) is 11.3 Å². The molecule has 0 aliphatic carbocycles. The van der Waals surface area contributed by atoms with Crippen LogP contribution in [0, 0.1) is 0 Å². The lowest BCUT2D eigenvalue weighted by molar-refractivity contribution is -0.133. The molecule has 0 fully saturated rings. The Balaban J connectivity index is 1.81. The monoisotopic (exact) mass is 308 g/mol. The second-order valence-corrected chi connectivity index (χ2v) is 5.82. The summed E-state index contributed by atoms with van der Waals surface area (Å²) in [5.41, 5.74) is 4.53. The smallest absolute Gasteiger partial charge is 0.293 e. The van der Waals surface area contributed by atoms with Crippen LogP contribution >= 0.6 is 11.3 Å². The van der Waals surface area contributed by atoms with Gasteiger partial charge in [0.05, 0.1) is 0 Å². The molecule has 0 saturated heterocycles. The Hall–Kier alpha value is -2.39. The molecule has 2 aromatic carbocycles. The third-order valence-corrected chi connectivity index (χ3v) is 4.34. The number of benzene rings is 2. The highest BCUT2D eigenvalue weighted by molar-refractivity contribution is 7.07. The number of hydrogen-bond donors (Lipinski definition) is 0. The van der Waals surface area contributed by atoms with E-state index in [1.165, 1.54) is 11.1 Å². The number of rotatable bonds is 6. The summed E-state index contributed by atoms with van der Waals surface area (Å²) in [7, 11) is 0. The van der Waals surface area contributed by atoms with Crippen LogP contribution in [0.4, 0.5) is 0 Å². The predicted molar refractivity (Wildman–Crippen MR) is 89.8 cm³/mol. The van der Waals surface area contributed by atoms with Crippen molar-refractivity contribution in [1.82, 2.24) is 0 Å². The normalized spacial score (nSPS) is 11.8. The number of hydrogen-bond acceptors (Lipinski definition) is 3. The molecule has 3 aromatic rings. The van der Waals surface area contributed by atoms with Gasteiger partial charge in [0.25, 0.3) is 6.47 Å². The van der Waals surface area contributed by atoms with E-state index in [-0.39, 0.29) is 6.10 Å². The maximum Gasteiger partial charge on any atom is 0.293 e. The molecule has 110 valence electrons. The van der Waals surface area contributed by atoms with Gasteiger partial charge >= 0.3 is 0 Å². The van der Waals surface area contributed by atoms with Crippen molar-refractivity contribution in [3.63, 3.8) is 0 Å². The average molecular weight is 308 g/mol. The van der Waals surface area contributed by atoms with E-state index >= 15 is 0 Å². The van der Waals surface area contributed by atoms with Gasteiger partial charge in [-0.2, -0.15) is 11.3 Å². The molecular weight excluding hydrogens is 292 g/mol. The van der Waals surface area contributed by atoms with Crippen molar-refractivity contribution in [3.8, 4) is 11.1 Å². The molecule has 3 rings (SSSR count). The number of carbonyl (C=O) groups is 1. The highest BCUT2D eigenvalue weighted by Gasteiger charge is 2.13. The summed E-state index contributed by atoms with van der Waals surface area (Å²) >= 11 is 1.65. The van der Waals surface area contributed by atoms with Crippen LogP contribution in [0.5, 0.6) is 0 Å². The predicted octanol–water partition coefficient (Wildman–Crippen LogP) is 4.87. The van der Waals surface area contributed by atoms with Crippen LogP contribution in [-0.2, 0) is 16.0 Å². The van der Waals surface area contributed by atoms with E-state index < -0.39 is 0 Å². The summed E-state index contributed by atoms with van der Waals surface area (Å²) in [6.45, 7) is 0.530. The zero-order valence-electron chi connectivity index (χ0n) is 12.0. The molecular formula is C19H16O2S. The Kier molecular flexibility index (Phi) is 4.66. The number of thiophene rings is 1. The first kappa shape index (κ1) is 14.5. The van der Waals surface area contributed by atoms with Crippen molar-refractivity contribution >= 4 is 17.8 Å². The zero-order valence-corrected chi connectivity index (χ0v) is 12.8. The lowest BCUT2D eigenvalue weighted by atomic mass is 9.99. The van der Waals surface area contributed by atoms with Crippen LogP contribution in [-0.4, -0.2) is 6.47 Å². The van der Waals surface area contributed by atoms with Gasteiger partial charge in [-0.05, 0) is 39.1 Å². The molecule has 0 N–H and O–H groups in total. The topological polar surface area (TPSA) is 26.3 Å². The van der Waals surface area contributed by atoms with Gasteiger partial charge in [0.15, 0.2) is 0 Å². The van der Waals surface area contributed by atoms with Gasteiger partial charge in [0, 0.05) is 6.42 Å². The molecule has 1 unspecified atom stereocenters. The molecule has 2 nitrogen and oxygen atoms in total. The molecule has 0 amide bonds. The first-order valence-electron chi connectivity index (χ1n) is 7.12. The van der Waals surface area contributed by atoms with Crippen LogP contribution in [0.25, 0.3) is 11.1 Å². The van der Waals surface area contributed by atoms with Gasteiger partial charge in [0.1, 0.15) is 6.10 Å². The highest BCUT2D eigenvalue weighted by atomic mass is 32.1. The van der Waals surface area contributed by atoms with Gasteiger partial charge in [-0.3, -0.25) is 4.79 Å². The third-order valence-electron chi connectivity index (χ3n) is 3.61. The molecule has 1 atom stereocenters. The highest BCUT2D eigenvalue weighted by Crippen LogP contribution is 2.26. The minimum Gasteiger partial charge on any atom is -0.459 e. The zero-order chi connectivity index (χ0) is 15.2. The van der Waals surface area contributed by atoms with Gasteiger partial charge in [-0.1, -0.05) is 54.6 Å². The minimum absolute atomic E-state index is 0.239.